The molecule has 0 aromatic rings. The van der Waals surface area contributed by atoms with Crippen LogP contribution in [0.2, 0.25) is 0 Å². The highest BCUT2D eigenvalue weighted by molar-refractivity contribution is 5.79. The Balaban J connectivity index is 2.17. The first kappa shape index (κ1) is 5.56. The standard InChI is InChI=1S/C5H8O3/c1-2-7-4-3-8-5(4)6/h4H,2-3H2,1H3. The Hall–Kier alpha value is -0.570. The van der Waals surface area contributed by atoms with E-state index < -0.39 is 0 Å². The van der Waals surface area contributed by atoms with Gasteiger partial charge in [-0.1, -0.05) is 0 Å². The molecule has 0 aliphatic carbocycles. The molecule has 0 saturated carbocycles. The summed E-state index contributed by atoms with van der Waals surface area (Å²) in [6, 6.07) is 0. The molecule has 8 heavy (non-hydrogen) atoms. The van der Waals surface area contributed by atoms with E-state index in [1.54, 1.807) is 0 Å². The second kappa shape index (κ2) is 2.13. The molecule has 46 valence electrons. The van der Waals surface area contributed by atoms with Crippen molar-refractivity contribution in [3.05, 3.63) is 0 Å². The van der Waals surface area contributed by atoms with Crippen molar-refractivity contribution < 1.29 is 14.3 Å². The Bertz CT molecular complexity index is 99.8. The van der Waals surface area contributed by atoms with Gasteiger partial charge < -0.3 is 9.47 Å². The predicted molar refractivity (Wildman–Crippen MR) is 26.4 cm³/mol. The van der Waals surface area contributed by atoms with Crippen LogP contribution in [0.25, 0.3) is 0 Å². The summed E-state index contributed by atoms with van der Waals surface area (Å²) in [6.45, 7) is 2.87. The summed E-state index contributed by atoms with van der Waals surface area (Å²) in [7, 11) is 0. The van der Waals surface area contributed by atoms with Crippen LogP contribution in [0.1, 0.15) is 6.92 Å². The van der Waals surface area contributed by atoms with Crippen molar-refractivity contribution in [3.63, 3.8) is 0 Å². The van der Waals surface area contributed by atoms with Gasteiger partial charge in [0.15, 0.2) is 6.10 Å². The Morgan fingerprint density at radius 3 is 2.88 bits per heavy atom. The van der Waals surface area contributed by atoms with Gasteiger partial charge in [-0.25, -0.2) is 4.79 Å². The van der Waals surface area contributed by atoms with Gasteiger partial charge in [-0.15, -0.1) is 0 Å². The molecule has 1 heterocycles. The van der Waals surface area contributed by atoms with Gasteiger partial charge in [-0.2, -0.15) is 0 Å². The lowest BCUT2D eigenvalue weighted by Gasteiger charge is -2.23. The van der Waals surface area contributed by atoms with E-state index in [9.17, 15) is 4.79 Å². The van der Waals surface area contributed by atoms with E-state index in [1.807, 2.05) is 6.92 Å². The molecule has 1 rings (SSSR count). The molecule has 3 nitrogen and oxygen atoms in total. The number of cyclic esters (lactones) is 1. The maximum atomic E-state index is 10.3. The van der Waals surface area contributed by atoms with E-state index in [0.717, 1.165) is 0 Å². The van der Waals surface area contributed by atoms with Crippen LogP contribution < -0.4 is 0 Å². The Morgan fingerprint density at radius 1 is 2.00 bits per heavy atom. The maximum absolute atomic E-state index is 10.3. The van der Waals surface area contributed by atoms with E-state index in [4.69, 9.17) is 4.74 Å². The van der Waals surface area contributed by atoms with Gasteiger partial charge in [-0.3, -0.25) is 0 Å². The van der Waals surface area contributed by atoms with E-state index in [2.05, 4.69) is 4.74 Å². The average Bonchev–Trinajstić information content (AvgIpc) is 1.79. The molecular formula is C5H8O3. The fourth-order valence-corrected chi connectivity index (χ4v) is 0.537. The van der Waals surface area contributed by atoms with E-state index in [0.29, 0.717) is 13.2 Å². The molecule has 1 unspecified atom stereocenters. The van der Waals surface area contributed by atoms with Crippen LogP contribution in [0.5, 0.6) is 0 Å². The normalized spacial score (nSPS) is 26.6. The molecule has 1 fully saturated rings. The minimum atomic E-state index is -0.264. The van der Waals surface area contributed by atoms with Gasteiger partial charge in [0.1, 0.15) is 6.61 Å². The molecule has 0 aromatic carbocycles. The molecule has 1 aliphatic rings. The van der Waals surface area contributed by atoms with Crippen LogP contribution in [0.3, 0.4) is 0 Å². The minimum absolute atomic E-state index is 0.230. The summed E-state index contributed by atoms with van der Waals surface area (Å²) in [4.78, 5) is 10.3. The lowest BCUT2D eigenvalue weighted by Crippen LogP contribution is -2.42. The van der Waals surface area contributed by atoms with Gasteiger partial charge in [0, 0.05) is 6.61 Å². The van der Waals surface area contributed by atoms with Crippen LogP contribution in [-0.4, -0.2) is 25.3 Å². The second-order valence-electron chi connectivity index (χ2n) is 1.57. The van der Waals surface area contributed by atoms with Crippen molar-refractivity contribution >= 4 is 5.97 Å². The summed E-state index contributed by atoms with van der Waals surface area (Å²) in [6.07, 6.45) is -0.264. The number of carbonyl (C=O) groups is 1. The van der Waals surface area contributed by atoms with Gasteiger partial charge >= 0.3 is 5.97 Å². The molecule has 0 spiro atoms. The van der Waals surface area contributed by atoms with Gasteiger partial charge in [0.25, 0.3) is 0 Å². The highest BCUT2D eigenvalue weighted by Crippen LogP contribution is 2.06. The minimum Gasteiger partial charge on any atom is -0.460 e. The maximum Gasteiger partial charge on any atom is 0.338 e. The van der Waals surface area contributed by atoms with Crippen molar-refractivity contribution in [2.45, 2.75) is 13.0 Å². The van der Waals surface area contributed by atoms with Crippen LogP contribution in [0.15, 0.2) is 0 Å². The molecule has 0 radical (unpaired) electrons. The van der Waals surface area contributed by atoms with Gasteiger partial charge in [0.05, 0.1) is 0 Å². The first-order chi connectivity index (χ1) is 3.84. The molecule has 1 aliphatic heterocycles. The third-order valence-electron chi connectivity index (χ3n) is 1.01. The SMILES string of the molecule is CCOC1COC1=O. The van der Waals surface area contributed by atoms with Crippen LogP contribution in [0.4, 0.5) is 0 Å². The van der Waals surface area contributed by atoms with E-state index in [1.165, 1.54) is 0 Å². The Labute approximate surface area is 47.6 Å². The van der Waals surface area contributed by atoms with Gasteiger partial charge in [-0.05, 0) is 6.92 Å². The summed E-state index contributed by atoms with van der Waals surface area (Å²) in [5.41, 5.74) is 0. The average molecular weight is 116 g/mol. The first-order valence-electron chi connectivity index (χ1n) is 2.63. The molecular weight excluding hydrogens is 108 g/mol. The quantitative estimate of drug-likeness (QED) is 0.474. The number of hydrogen-bond acceptors (Lipinski definition) is 3. The van der Waals surface area contributed by atoms with Crippen LogP contribution >= 0.6 is 0 Å². The lowest BCUT2D eigenvalue weighted by atomic mass is 10.3. The largest absolute Gasteiger partial charge is 0.460 e. The highest BCUT2D eigenvalue weighted by Gasteiger charge is 2.30. The van der Waals surface area contributed by atoms with Crippen molar-refractivity contribution in [3.8, 4) is 0 Å². The monoisotopic (exact) mass is 116 g/mol. The zero-order valence-corrected chi connectivity index (χ0v) is 4.72. The number of carbonyl (C=O) groups excluding carboxylic acids is 1. The van der Waals surface area contributed by atoms with E-state index >= 15 is 0 Å². The van der Waals surface area contributed by atoms with Crippen LogP contribution in [0, 0.1) is 0 Å². The van der Waals surface area contributed by atoms with Crippen molar-refractivity contribution in [1.29, 1.82) is 0 Å². The smallest absolute Gasteiger partial charge is 0.338 e. The molecule has 3 heteroatoms. The molecule has 0 bridgehead atoms. The molecule has 1 saturated heterocycles. The third-order valence-corrected chi connectivity index (χ3v) is 1.01. The lowest BCUT2D eigenvalue weighted by molar-refractivity contribution is -0.185. The number of rotatable bonds is 2. The number of esters is 1. The molecule has 1 atom stereocenters. The number of ether oxygens (including phenoxy) is 2. The predicted octanol–water partition coefficient (Wildman–Crippen LogP) is -0.0517. The topological polar surface area (TPSA) is 35.5 Å². The zero-order valence-electron chi connectivity index (χ0n) is 4.72. The zero-order chi connectivity index (χ0) is 5.98. The molecule has 0 N–H and O–H groups in total. The summed E-state index contributed by atoms with van der Waals surface area (Å²) in [5.74, 6) is -0.230. The van der Waals surface area contributed by atoms with Crippen molar-refractivity contribution in [2.24, 2.45) is 0 Å². The van der Waals surface area contributed by atoms with Crippen molar-refractivity contribution in [2.75, 3.05) is 13.2 Å². The molecule has 0 amide bonds. The van der Waals surface area contributed by atoms with Crippen molar-refractivity contribution in [1.82, 2.24) is 0 Å². The second-order valence-corrected chi connectivity index (χ2v) is 1.57. The third kappa shape index (κ3) is 0.816. The Kier molecular flexibility index (Phi) is 1.48. The summed E-state index contributed by atoms with van der Waals surface area (Å²) >= 11 is 0. The summed E-state index contributed by atoms with van der Waals surface area (Å²) in [5, 5.41) is 0. The summed E-state index contributed by atoms with van der Waals surface area (Å²) < 4.78 is 9.35. The Morgan fingerprint density at radius 2 is 2.75 bits per heavy atom. The number of hydrogen-bond donors (Lipinski definition) is 0. The first-order valence-corrected chi connectivity index (χ1v) is 2.63. The van der Waals surface area contributed by atoms with E-state index in [-0.39, 0.29) is 12.1 Å². The van der Waals surface area contributed by atoms with Gasteiger partial charge in [0.2, 0.25) is 0 Å². The fraction of sp³-hybridized carbons (Fsp3) is 0.800. The molecule has 0 aromatic heterocycles. The highest BCUT2D eigenvalue weighted by atomic mass is 16.6. The fourth-order valence-electron chi connectivity index (χ4n) is 0.537. The van der Waals surface area contributed by atoms with Crippen LogP contribution in [-0.2, 0) is 14.3 Å².